The monoisotopic (exact) mass is 303 g/mol. The fraction of sp³-hybridized carbons (Fsp3) is 0.111. The van der Waals surface area contributed by atoms with E-state index in [0.717, 1.165) is 11.3 Å². The highest BCUT2D eigenvalue weighted by Gasteiger charge is 2.17. The van der Waals surface area contributed by atoms with E-state index in [0.29, 0.717) is 15.7 Å². The molecule has 0 spiro atoms. The number of carbonyl (C=O) groups is 1. The van der Waals surface area contributed by atoms with Gasteiger partial charge < -0.3 is 11.1 Å². The molecule has 2 aromatic heterocycles. The average Bonchev–Trinajstić information content (AvgIpc) is 2.63. The molecule has 0 aliphatic carbocycles. The van der Waals surface area contributed by atoms with E-state index in [2.05, 4.69) is 20.3 Å². The van der Waals surface area contributed by atoms with Crippen molar-refractivity contribution in [3.8, 4) is 0 Å². The van der Waals surface area contributed by atoms with E-state index in [-0.39, 0.29) is 16.0 Å². The Morgan fingerprint density at radius 1 is 1.39 bits per heavy atom. The van der Waals surface area contributed by atoms with Gasteiger partial charge in [0.1, 0.15) is 16.9 Å². The Balaban J connectivity index is 2.30. The molecule has 0 aliphatic rings. The van der Waals surface area contributed by atoms with Crippen LogP contribution in [0.25, 0.3) is 0 Å². The first-order valence-corrected chi connectivity index (χ1v) is 6.26. The summed E-state index contributed by atoms with van der Waals surface area (Å²) in [6.45, 7) is 1.69. The molecule has 0 aliphatic heterocycles. The summed E-state index contributed by atoms with van der Waals surface area (Å²) in [7, 11) is 0. The molecule has 0 saturated heterocycles. The molecule has 1 amide bonds. The van der Waals surface area contributed by atoms with Crippen LogP contribution in [0.15, 0.2) is 6.33 Å². The standard InChI is InChI=1S/C9H7Cl2N5OS/c1-3-5(18-9(12)15-3)8(17)16-4-6(10)13-2-14-7(4)11/h2H,1H3,(H2,12,15)(H,16,17). The number of aryl methyl sites for hydroxylation is 1. The van der Waals surface area contributed by atoms with Gasteiger partial charge >= 0.3 is 0 Å². The number of amides is 1. The predicted octanol–water partition coefficient (Wildman–Crippen LogP) is 2.38. The number of nitrogen functional groups attached to an aromatic ring is 1. The Bertz CT molecular complexity index is 595. The molecule has 2 aromatic rings. The lowest BCUT2D eigenvalue weighted by atomic mass is 10.3. The van der Waals surface area contributed by atoms with Crippen molar-refractivity contribution < 1.29 is 4.79 Å². The van der Waals surface area contributed by atoms with Crippen LogP contribution in [0.2, 0.25) is 10.3 Å². The highest BCUT2D eigenvalue weighted by molar-refractivity contribution is 7.17. The van der Waals surface area contributed by atoms with Crippen LogP contribution in [0.1, 0.15) is 15.4 Å². The molecule has 3 N–H and O–H groups in total. The number of nitrogens with one attached hydrogen (secondary N) is 1. The molecule has 2 rings (SSSR count). The maximum absolute atomic E-state index is 12.0. The lowest BCUT2D eigenvalue weighted by Crippen LogP contribution is -2.13. The first-order chi connectivity index (χ1) is 8.49. The van der Waals surface area contributed by atoms with E-state index >= 15 is 0 Å². The number of halogens is 2. The number of hydrogen-bond donors (Lipinski definition) is 2. The van der Waals surface area contributed by atoms with Gasteiger partial charge in [0.15, 0.2) is 15.4 Å². The third-order valence-corrected chi connectivity index (χ3v) is 3.57. The first-order valence-electron chi connectivity index (χ1n) is 4.69. The molecule has 0 saturated carbocycles. The highest BCUT2D eigenvalue weighted by Crippen LogP contribution is 2.28. The number of anilines is 2. The molecule has 0 radical (unpaired) electrons. The van der Waals surface area contributed by atoms with Gasteiger partial charge in [-0.2, -0.15) is 0 Å². The molecule has 0 bridgehead atoms. The van der Waals surface area contributed by atoms with Gasteiger partial charge in [0.25, 0.3) is 5.91 Å². The summed E-state index contributed by atoms with van der Waals surface area (Å²) in [6.07, 6.45) is 1.20. The van der Waals surface area contributed by atoms with Gasteiger partial charge in [-0.3, -0.25) is 4.79 Å². The first kappa shape index (κ1) is 13.0. The van der Waals surface area contributed by atoms with E-state index in [1.165, 1.54) is 6.33 Å². The molecule has 0 unspecified atom stereocenters. The normalized spacial score (nSPS) is 10.4. The molecule has 18 heavy (non-hydrogen) atoms. The number of carbonyl (C=O) groups excluding carboxylic acids is 1. The summed E-state index contributed by atoms with van der Waals surface area (Å²) in [5, 5.41) is 2.99. The Morgan fingerprint density at radius 3 is 2.50 bits per heavy atom. The van der Waals surface area contributed by atoms with Gasteiger partial charge in [-0.15, -0.1) is 0 Å². The Hall–Kier alpha value is -1.44. The topological polar surface area (TPSA) is 93.8 Å². The fourth-order valence-corrected chi connectivity index (χ4v) is 2.38. The Morgan fingerprint density at radius 2 is 2.00 bits per heavy atom. The average molecular weight is 304 g/mol. The van der Waals surface area contributed by atoms with Crippen molar-refractivity contribution >= 4 is 51.3 Å². The molecular formula is C9H7Cl2N5OS. The molecule has 0 aromatic carbocycles. The van der Waals surface area contributed by atoms with Crippen molar-refractivity contribution in [2.75, 3.05) is 11.1 Å². The van der Waals surface area contributed by atoms with Crippen LogP contribution < -0.4 is 11.1 Å². The lowest BCUT2D eigenvalue weighted by molar-refractivity contribution is 0.102. The second-order valence-electron chi connectivity index (χ2n) is 3.25. The van der Waals surface area contributed by atoms with Gasteiger partial charge in [0, 0.05) is 0 Å². The number of hydrogen-bond acceptors (Lipinski definition) is 6. The molecule has 2 heterocycles. The summed E-state index contributed by atoms with van der Waals surface area (Å²) in [5.74, 6) is -0.402. The van der Waals surface area contributed by atoms with Gasteiger partial charge in [-0.05, 0) is 6.92 Å². The zero-order valence-corrected chi connectivity index (χ0v) is 11.4. The quantitative estimate of drug-likeness (QED) is 0.831. The van der Waals surface area contributed by atoms with Crippen LogP contribution in [0.4, 0.5) is 10.8 Å². The van der Waals surface area contributed by atoms with E-state index in [1.807, 2.05) is 0 Å². The van der Waals surface area contributed by atoms with Crippen LogP contribution >= 0.6 is 34.5 Å². The molecule has 94 valence electrons. The van der Waals surface area contributed by atoms with Gasteiger partial charge in [-0.1, -0.05) is 34.5 Å². The number of thiazole rings is 1. The van der Waals surface area contributed by atoms with E-state index in [1.54, 1.807) is 6.92 Å². The van der Waals surface area contributed by atoms with Gasteiger partial charge in [0.2, 0.25) is 0 Å². The van der Waals surface area contributed by atoms with Gasteiger partial charge in [-0.25, -0.2) is 15.0 Å². The predicted molar refractivity (Wildman–Crippen MR) is 71.3 cm³/mol. The van der Waals surface area contributed by atoms with Crippen molar-refractivity contribution in [1.29, 1.82) is 0 Å². The minimum atomic E-state index is -0.402. The molecular weight excluding hydrogens is 297 g/mol. The van der Waals surface area contributed by atoms with Crippen molar-refractivity contribution in [1.82, 2.24) is 15.0 Å². The molecule has 0 atom stereocenters. The summed E-state index contributed by atoms with van der Waals surface area (Å²) in [6, 6.07) is 0. The number of aromatic nitrogens is 3. The number of nitrogens with two attached hydrogens (primary N) is 1. The third kappa shape index (κ3) is 2.53. The summed E-state index contributed by atoms with van der Waals surface area (Å²) < 4.78 is 0. The number of nitrogens with zero attached hydrogens (tertiary/aromatic N) is 3. The van der Waals surface area contributed by atoms with Crippen LogP contribution in [0.5, 0.6) is 0 Å². The molecule has 0 fully saturated rings. The van der Waals surface area contributed by atoms with Crippen LogP contribution in [-0.4, -0.2) is 20.9 Å². The second-order valence-corrected chi connectivity index (χ2v) is 5.00. The second kappa shape index (κ2) is 5.05. The Kier molecular flexibility index (Phi) is 3.65. The minimum Gasteiger partial charge on any atom is -0.375 e. The van der Waals surface area contributed by atoms with E-state index in [4.69, 9.17) is 28.9 Å². The van der Waals surface area contributed by atoms with E-state index in [9.17, 15) is 4.79 Å². The largest absolute Gasteiger partial charge is 0.375 e. The summed E-state index contributed by atoms with van der Waals surface area (Å²) >= 11 is 12.7. The minimum absolute atomic E-state index is 0.0680. The highest BCUT2D eigenvalue weighted by atomic mass is 35.5. The van der Waals surface area contributed by atoms with Crippen molar-refractivity contribution in [2.45, 2.75) is 6.92 Å². The van der Waals surface area contributed by atoms with Crippen molar-refractivity contribution in [3.63, 3.8) is 0 Å². The molecule has 9 heteroatoms. The van der Waals surface area contributed by atoms with Crippen molar-refractivity contribution in [3.05, 3.63) is 27.2 Å². The zero-order valence-electron chi connectivity index (χ0n) is 9.07. The SMILES string of the molecule is Cc1nc(N)sc1C(=O)Nc1c(Cl)ncnc1Cl. The summed E-state index contributed by atoms with van der Waals surface area (Å²) in [5.41, 5.74) is 6.23. The fourth-order valence-electron chi connectivity index (χ4n) is 1.25. The lowest BCUT2D eigenvalue weighted by Gasteiger charge is -2.06. The maximum atomic E-state index is 12.0. The van der Waals surface area contributed by atoms with Crippen LogP contribution in [0, 0.1) is 6.92 Å². The van der Waals surface area contributed by atoms with Gasteiger partial charge in [0.05, 0.1) is 5.69 Å². The number of rotatable bonds is 2. The third-order valence-electron chi connectivity index (χ3n) is 2.01. The smallest absolute Gasteiger partial charge is 0.267 e. The molecule has 6 nitrogen and oxygen atoms in total. The van der Waals surface area contributed by atoms with Crippen LogP contribution in [0.3, 0.4) is 0 Å². The van der Waals surface area contributed by atoms with Crippen molar-refractivity contribution in [2.24, 2.45) is 0 Å². The maximum Gasteiger partial charge on any atom is 0.267 e. The summed E-state index contributed by atoms with van der Waals surface area (Å²) in [4.78, 5) is 23.8. The Labute approximate surface area is 116 Å². The van der Waals surface area contributed by atoms with E-state index < -0.39 is 5.91 Å². The van der Waals surface area contributed by atoms with Crippen LogP contribution in [-0.2, 0) is 0 Å². The zero-order chi connectivity index (χ0) is 13.3.